The van der Waals surface area contributed by atoms with E-state index in [4.69, 9.17) is 5.11 Å². The van der Waals surface area contributed by atoms with Gasteiger partial charge in [0.15, 0.2) is 0 Å². The van der Waals surface area contributed by atoms with Crippen molar-refractivity contribution in [3.05, 3.63) is 65.5 Å². The van der Waals surface area contributed by atoms with Crippen LogP contribution in [0, 0.1) is 17.7 Å². The summed E-state index contributed by atoms with van der Waals surface area (Å²) in [4.78, 5) is 35.6. The highest BCUT2D eigenvalue weighted by atomic mass is 19.1. The Morgan fingerprint density at radius 3 is 2.28 bits per heavy atom. The highest BCUT2D eigenvalue weighted by molar-refractivity contribution is 6.04. The number of carboxylic acids is 1. The lowest BCUT2D eigenvalue weighted by Gasteiger charge is -2.25. The van der Waals surface area contributed by atoms with Gasteiger partial charge in [-0.3, -0.25) is 14.4 Å². The quantitative estimate of drug-likeness (QED) is 0.693. The zero-order chi connectivity index (χ0) is 20.8. The van der Waals surface area contributed by atoms with Gasteiger partial charge in [-0.1, -0.05) is 12.1 Å². The van der Waals surface area contributed by atoms with Crippen LogP contribution in [0.2, 0.25) is 0 Å². The molecule has 1 saturated carbocycles. The van der Waals surface area contributed by atoms with E-state index in [1.165, 1.54) is 24.3 Å². The van der Waals surface area contributed by atoms with E-state index in [9.17, 15) is 18.8 Å². The van der Waals surface area contributed by atoms with Crippen LogP contribution >= 0.6 is 0 Å². The van der Waals surface area contributed by atoms with Crippen LogP contribution < -0.4 is 10.6 Å². The molecule has 0 unspecified atom stereocenters. The van der Waals surface area contributed by atoms with Crippen molar-refractivity contribution in [2.24, 2.45) is 11.8 Å². The molecule has 0 spiro atoms. The zero-order valence-corrected chi connectivity index (χ0v) is 15.9. The average molecular weight is 398 g/mol. The second kappa shape index (κ2) is 9.32. The number of hydrogen-bond acceptors (Lipinski definition) is 3. The molecule has 152 valence electrons. The zero-order valence-electron chi connectivity index (χ0n) is 15.9. The Hall–Kier alpha value is -3.22. The fourth-order valence-corrected chi connectivity index (χ4v) is 3.50. The lowest BCUT2D eigenvalue weighted by Crippen LogP contribution is -2.34. The van der Waals surface area contributed by atoms with E-state index in [1.807, 2.05) is 6.07 Å². The van der Waals surface area contributed by atoms with Crippen molar-refractivity contribution >= 4 is 23.5 Å². The van der Waals surface area contributed by atoms with Gasteiger partial charge in [-0.15, -0.1) is 0 Å². The molecule has 3 N–H and O–H groups in total. The molecule has 2 aromatic rings. The normalized spacial score (nSPS) is 18.7. The molecule has 1 fully saturated rings. The van der Waals surface area contributed by atoms with E-state index in [-0.39, 0.29) is 23.7 Å². The molecule has 7 heteroatoms. The van der Waals surface area contributed by atoms with E-state index >= 15 is 0 Å². The number of amides is 2. The average Bonchev–Trinajstić information content (AvgIpc) is 2.73. The molecule has 0 radical (unpaired) electrons. The first-order valence-corrected chi connectivity index (χ1v) is 9.59. The van der Waals surface area contributed by atoms with Crippen molar-refractivity contribution in [1.29, 1.82) is 0 Å². The summed E-state index contributed by atoms with van der Waals surface area (Å²) in [6.07, 6.45) is 2.21. The van der Waals surface area contributed by atoms with Gasteiger partial charge in [0.05, 0.1) is 5.92 Å². The summed E-state index contributed by atoms with van der Waals surface area (Å²) in [7, 11) is 0. The molecule has 6 nitrogen and oxygen atoms in total. The number of carbonyl (C=O) groups excluding carboxylic acids is 2. The second-order valence-electron chi connectivity index (χ2n) is 7.27. The minimum absolute atomic E-state index is 0.0745. The standard InChI is InChI=1S/C22H23FN2O4/c23-18-10-8-16(9-11-18)21(27)25-19-3-1-2-14(12-19)13-24-20(26)15-4-6-17(7-5-15)22(28)29/h1-3,8-12,15,17H,4-7,13H2,(H,24,26)(H,25,27)(H,28,29). The van der Waals surface area contributed by atoms with E-state index < -0.39 is 11.8 Å². The Bertz CT molecular complexity index is 890. The van der Waals surface area contributed by atoms with Crippen LogP contribution in [-0.2, 0) is 16.1 Å². The maximum Gasteiger partial charge on any atom is 0.306 e. The third-order valence-corrected chi connectivity index (χ3v) is 5.21. The molecular formula is C22H23FN2O4. The van der Waals surface area contributed by atoms with Crippen LogP contribution in [0.25, 0.3) is 0 Å². The first-order chi connectivity index (χ1) is 13.9. The Morgan fingerprint density at radius 2 is 1.62 bits per heavy atom. The summed E-state index contributed by atoms with van der Waals surface area (Å²) in [5.41, 5.74) is 1.75. The first-order valence-electron chi connectivity index (χ1n) is 9.59. The van der Waals surface area contributed by atoms with Gasteiger partial charge in [0, 0.05) is 23.7 Å². The van der Waals surface area contributed by atoms with Gasteiger partial charge in [-0.2, -0.15) is 0 Å². The van der Waals surface area contributed by atoms with Crippen molar-refractivity contribution < 1.29 is 23.9 Å². The predicted molar refractivity (Wildman–Crippen MR) is 106 cm³/mol. The van der Waals surface area contributed by atoms with Gasteiger partial charge >= 0.3 is 5.97 Å². The lowest BCUT2D eigenvalue weighted by molar-refractivity contribution is -0.144. The molecule has 3 rings (SSSR count). The summed E-state index contributed by atoms with van der Waals surface area (Å²) in [5.74, 6) is -2.12. The largest absolute Gasteiger partial charge is 0.481 e. The molecule has 0 heterocycles. The highest BCUT2D eigenvalue weighted by Crippen LogP contribution is 2.29. The number of hydrogen-bond donors (Lipinski definition) is 3. The van der Waals surface area contributed by atoms with Crippen molar-refractivity contribution in [3.8, 4) is 0 Å². The van der Waals surface area contributed by atoms with Crippen LogP contribution in [0.3, 0.4) is 0 Å². The summed E-state index contributed by atoms with van der Waals surface area (Å²) in [5, 5.41) is 14.7. The van der Waals surface area contributed by atoms with Crippen LogP contribution in [0.1, 0.15) is 41.6 Å². The number of anilines is 1. The van der Waals surface area contributed by atoms with Crippen LogP contribution in [0.5, 0.6) is 0 Å². The van der Waals surface area contributed by atoms with E-state index in [2.05, 4.69) is 10.6 Å². The van der Waals surface area contributed by atoms with Crippen molar-refractivity contribution in [1.82, 2.24) is 5.32 Å². The first kappa shape index (κ1) is 20.5. The van der Waals surface area contributed by atoms with E-state index in [1.54, 1.807) is 18.2 Å². The van der Waals surface area contributed by atoms with Crippen molar-refractivity contribution in [2.75, 3.05) is 5.32 Å². The van der Waals surface area contributed by atoms with Gasteiger partial charge in [0.1, 0.15) is 5.82 Å². The highest BCUT2D eigenvalue weighted by Gasteiger charge is 2.29. The summed E-state index contributed by atoms with van der Waals surface area (Å²) >= 11 is 0. The molecule has 1 aliphatic rings. The number of nitrogens with one attached hydrogen (secondary N) is 2. The molecule has 0 aliphatic heterocycles. The lowest BCUT2D eigenvalue weighted by atomic mass is 9.81. The predicted octanol–water partition coefficient (Wildman–Crippen LogP) is 3.59. The Kier molecular flexibility index (Phi) is 6.59. The number of rotatable bonds is 6. The molecule has 1 aliphatic carbocycles. The third-order valence-electron chi connectivity index (χ3n) is 5.21. The van der Waals surface area contributed by atoms with Crippen molar-refractivity contribution in [3.63, 3.8) is 0 Å². The van der Waals surface area contributed by atoms with E-state index in [0.717, 1.165) is 5.56 Å². The molecule has 0 bridgehead atoms. The van der Waals surface area contributed by atoms with Gasteiger partial charge in [0.25, 0.3) is 5.91 Å². The van der Waals surface area contributed by atoms with Gasteiger partial charge in [0.2, 0.25) is 5.91 Å². The van der Waals surface area contributed by atoms with Crippen LogP contribution in [-0.4, -0.2) is 22.9 Å². The van der Waals surface area contributed by atoms with E-state index in [0.29, 0.717) is 43.5 Å². The molecule has 0 aromatic heterocycles. The van der Waals surface area contributed by atoms with Gasteiger partial charge in [-0.25, -0.2) is 4.39 Å². The number of carboxylic acid groups (broad SMARTS) is 1. The maximum atomic E-state index is 13.0. The fourth-order valence-electron chi connectivity index (χ4n) is 3.50. The molecule has 0 atom stereocenters. The number of carbonyl (C=O) groups is 3. The molecular weight excluding hydrogens is 375 g/mol. The van der Waals surface area contributed by atoms with Crippen LogP contribution in [0.4, 0.5) is 10.1 Å². The number of benzene rings is 2. The van der Waals surface area contributed by atoms with Gasteiger partial charge in [-0.05, 0) is 67.6 Å². The second-order valence-corrected chi connectivity index (χ2v) is 7.27. The maximum absolute atomic E-state index is 13.0. The topological polar surface area (TPSA) is 95.5 Å². The summed E-state index contributed by atoms with van der Waals surface area (Å²) in [6.45, 7) is 0.317. The van der Waals surface area contributed by atoms with Crippen molar-refractivity contribution in [2.45, 2.75) is 32.2 Å². The van der Waals surface area contributed by atoms with Gasteiger partial charge < -0.3 is 15.7 Å². The number of aliphatic carboxylic acids is 1. The smallest absolute Gasteiger partial charge is 0.306 e. The summed E-state index contributed by atoms with van der Waals surface area (Å²) in [6, 6.07) is 12.4. The monoisotopic (exact) mass is 398 g/mol. The SMILES string of the molecule is O=C(Nc1cccc(CNC(=O)C2CCC(C(=O)O)CC2)c1)c1ccc(F)cc1. The summed E-state index contributed by atoms with van der Waals surface area (Å²) < 4.78 is 13.0. The molecule has 29 heavy (non-hydrogen) atoms. The Morgan fingerprint density at radius 1 is 0.966 bits per heavy atom. The minimum atomic E-state index is -0.789. The van der Waals surface area contributed by atoms with Crippen LogP contribution in [0.15, 0.2) is 48.5 Å². The minimum Gasteiger partial charge on any atom is -0.481 e. The number of halogens is 1. The molecule has 2 amide bonds. The molecule has 0 saturated heterocycles. The fraction of sp³-hybridized carbons (Fsp3) is 0.318. The third kappa shape index (κ3) is 5.63. The Labute approximate surface area is 168 Å². The molecule has 2 aromatic carbocycles. The Balaban J connectivity index is 1.52.